The molecule has 2 fully saturated rings. The van der Waals surface area contributed by atoms with Gasteiger partial charge in [-0.25, -0.2) is 0 Å². The molecule has 1 saturated heterocycles. The molecule has 1 aliphatic carbocycles. The van der Waals surface area contributed by atoms with Gasteiger partial charge >= 0.3 is 0 Å². The molecule has 0 aromatic carbocycles. The number of hydrogen-bond donors (Lipinski definition) is 2. The van der Waals surface area contributed by atoms with Gasteiger partial charge in [0.1, 0.15) is 0 Å². The Morgan fingerprint density at radius 3 is 2.67 bits per heavy atom. The zero-order valence-electron chi connectivity index (χ0n) is 11.7. The summed E-state index contributed by atoms with van der Waals surface area (Å²) >= 11 is 0. The van der Waals surface area contributed by atoms with E-state index in [-0.39, 0.29) is 0 Å². The van der Waals surface area contributed by atoms with Crippen LogP contribution in [0.5, 0.6) is 0 Å². The van der Waals surface area contributed by atoms with Gasteiger partial charge < -0.3 is 10.6 Å². The Bertz CT molecular complexity index is 261. The second-order valence-electron chi connectivity index (χ2n) is 6.10. The van der Waals surface area contributed by atoms with Gasteiger partial charge in [0.25, 0.3) is 0 Å². The third-order valence-corrected chi connectivity index (χ3v) is 4.66. The molecule has 1 saturated carbocycles. The van der Waals surface area contributed by atoms with Crippen molar-refractivity contribution in [1.29, 1.82) is 0 Å². The lowest BCUT2D eigenvalue weighted by Crippen LogP contribution is -2.40. The normalized spacial score (nSPS) is 30.1. The van der Waals surface area contributed by atoms with E-state index < -0.39 is 0 Å². The molecule has 2 rings (SSSR count). The number of rotatable bonds is 4. The van der Waals surface area contributed by atoms with E-state index in [0.29, 0.717) is 17.9 Å². The molecule has 3 heteroatoms. The molecule has 18 heavy (non-hydrogen) atoms. The maximum atomic E-state index is 12.0. The zero-order chi connectivity index (χ0) is 12.8. The van der Waals surface area contributed by atoms with Crippen LogP contribution < -0.4 is 10.6 Å². The van der Waals surface area contributed by atoms with Crippen molar-refractivity contribution in [2.24, 2.45) is 11.8 Å². The van der Waals surface area contributed by atoms with Crippen molar-refractivity contribution in [2.75, 3.05) is 13.1 Å². The maximum Gasteiger partial charge on any atom is 0.220 e. The van der Waals surface area contributed by atoms with E-state index in [0.717, 1.165) is 38.3 Å². The fourth-order valence-corrected chi connectivity index (χ4v) is 3.43. The second-order valence-corrected chi connectivity index (χ2v) is 6.10. The fourth-order valence-electron chi connectivity index (χ4n) is 3.43. The van der Waals surface area contributed by atoms with E-state index in [2.05, 4.69) is 17.6 Å². The van der Waals surface area contributed by atoms with Crippen molar-refractivity contribution >= 4 is 5.91 Å². The van der Waals surface area contributed by atoms with Gasteiger partial charge in [0.15, 0.2) is 0 Å². The lowest BCUT2D eigenvalue weighted by Gasteiger charge is -2.30. The average Bonchev–Trinajstić information content (AvgIpc) is 2.40. The molecule has 1 heterocycles. The maximum absolute atomic E-state index is 12.0. The van der Waals surface area contributed by atoms with Gasteiger partial charge in [-0.2, -0.15) is 0 Å². The third kappa shape index (κ3) is 4.27. The summed E-state index contributed by atoms with van der Waals surface area (Å²) in [6.07, 6.45) is 9.37. The molecule has 2 atom stereocenters. The number of carbonyl (C=O) groups is 1. The average molecular weight is 252 g/mol. The Morgan fingerprint density at radius 2 is 1.94 bits per heavy atom. The summed E-state index contributed by atoms with van der Waals surface area (Å²) in [5.74, 6) is 1.74. The lowest BCUT2D eigenvalue weighted by atomic mass is 9.84. The van der Waals surface area contributed by atoms with Crippen molar-refractivity contribution in [3.05, 3.63) is 0 Å². The highest BCUT2D eigenvalue weighted by molar-refractivity contribution is 5.76. The molecule has 0 bridgehead atoms. The van der Waals surface area contributed by atoms with E-state index in [4.69, 9.17) is 0 Å². The first-order valence-corrected chi connectivity index (χ1v) is 7.78. The molecular formula is C15H28N2O. The Kier molecular flexibility index (Phi) is 5.48. The number of amides is 1. The molecular weight excluding hydrogens is 224 g/mol. The van der Waals surface area contributed by atoms with Gasteiger partial charge in [-0.05, 0) is 50.6 Å². The third-order valence-electron chi connectivity index (χ3n) is 4.66. The van der Waals surface area contributed by atoms with Crippen LogP contribution in [0.4, 0.5) is 0 Å². The number of nitrogens with one attached hydrogen (secondary N) is 2. The van der Waals surface area contributed by atoms with Crippen molar-refractivity contribution in [3.8, 4) is 0 Å². The van der Waals surface area contributed by atoms with Gasteiger partial charge in [0.05, 0.1) is 0 Å². The molecule has 0 spiro atoms. The minimum absolute atomic E-state index is 0.295. The summed E-state index contributed by atoms with van der Waals surface area (Å²) in [4.78, 5) is 12.0. The van der Waals surface area contributed by atoms with Crippen LogP contribution in [0.15, 0.2) is 0 Å². The smallest absolute Gasteiger partial charge is 0.220 e. The summed E-state index contributed by atoms with van der Waals surface area (Å²) in [5.41, 5.74) is 0. The lowest BCUT2D eigenvalue weighted by molar-refractivity contribution is -0.123. The first-order valence-electron chi connectivity index (χ1n) is 7.78. The SMILES string of the molecule is CCC1CCCC(NC(=O)CC2CCNCC2)C1. The molecule has 104 valence electrons. The molecule has 0 aromatic rings. The Hall–Kier alpha value is -0.570. The Morgan fingerprint density at radius 1 is 1.17 bits per heavy atom. The van der Waals surface area contributed by atoms with Crippen molar-refractivity contribution in [3.63, 3.8) is 0 Å². The summed E-state index contributed by atoms with van der Waals surface area (Å²) < 4.78 is 0. The minimum Gasteiger partial charge on any atom is -0.353 e. The summed E-state index contributed by atoms with van der Waals surface area (Å²) in [7, 11) is 0. The predicted molar refractivity (Wildman–Crippen MR) is 74.4 cm³/mol. The van der Waals surface area contributed by atoms with Crippen molar-refractivity contribution in [2.45, 2.75) is 64.3 Å². The van der Waals surface area contributed by atoms with Gasteiger partial charge in [-0.15, -0.1) is 0 Å². The van der Waals surface area contributed by atoms with Crippen molar-refractivity contribution in [1.82, 2.24) is 10.6 Å². The minimum atomic E-state index is 0.295. The standard InChI is InChI=1S/C15H28N2O/c1-2-12-4-3-5-14(10-12)17-15(18)11-13-6-8-16-9-7-13/h12-14,16H,2-11H2,1H3,(H,17,18). The highest BCUT2D eigenvalue weighted by Gasteiger charge is 2.23. The van der Waals surface area contributed by atoms with Crippen LogP contribution in [0.25, 0.3) is 0 Å². The molecule has 0 aromatic heterocycles. The van der Waals surface area contributed by atoms with E-state index in [1.807, 2.05) is 0 Å². The topological polar surface area (TPSA) is 41.1 Å². The van der Waals surface area contributed by atoms with Crippen LogP contribution in [-0.2, 0) is 4.79 Å². The van der Waals surface area contributed by atoms with Gasteiger partial charge in [0.2, 0.25) is 5.91 Å². The van der Waals surface area contributed by atoms with Crippen LogP contribution >= 0.6 is 0 Å². The van der Waals surface area contributed by atoms with Crippen LogP contribution in [0.3, 0.4) is 0 Å². The summed E-state index contributed by atoms with van der Waals surface area (Å²) in [5, 5.41) is 6.62. The van der Waals surface area contributed by atoms with Crippen LogP contribution in [0.1, 0.15) is 58.3 Å². The van der Waals surface area contributed by atoms with E-state index in [1.54, 1.807) is 0 Å². The molecule has 0 radical (unpaired) electrons. The van der Waals surface area contributed by atoms with Crippen LogP contribution in [0, 0.1) is 11.8 Å². The monoisotopic (exact) mass is 252 g/mol. The number of hydrogen-bond acceptors (Lipinski definition) is 2. The molecule has 3 nitrogen and oxygen atoms in total. The van der Waals surface area contributed by atoms with Crippen molar-refractivity contribution < 1.29 is 4.79 Å². The second kappa shape index (κ2) is 7.13. The van der Waals surface area contributed by atoms with E-state index in [9.17, 15) is 4.79 Å². The van der Waals surface area contributed by atoms with E-state index in [1.165, 1.54) is 32.1 Å². The fraction of sp³-hybridized carbons (Fsp3) is 0.933. The van der Waals surface area contributed by atoms with Crippen LogP contribution in [-0.4, -0.2) is 25.0 Å². The molecule has 2 unspecified atom stereocenters. The van der Waals surface area contributed by atoms with Crippen LogP contribution in [0.2, 0.25) is 0 Å². The Balaban J connectivity index is 1.69. The zero-order valence-corrected chi connectivity index (χ0v) is 11.7. The van der Waals surface area contributed by atoms with Gasteiger partial charge in [-0.1, -0.05) is 26.2 Å². The number of piperidine rings is 1. The highest BCUT2D eigenvalue weighted by Crippen LogP contribution is 2.26. The predicted octanol–water partition coefficient (Wildman–Crippen LogP) is 2.46. The van der Waals surface area contributed by atoms with Gasteiger partial charge in [-0.3, -0.25) is 4.79 Å². The van der Waals surface area contributed by atoms with E-state index >= 15 is 0 Å². The molecule has 1 amide bonds. The first-order chi connectivity index (χ1) is 8.78. The summed E-state index contributed by atoms with van der Waals surface area (Å²) in [6, 6.07) is 0.456. The molecule has 1 aliphatic heterocycles. The first kappa shape index (κ1) is 13.9. The summed E-state index contributed by atoms with van der Waals surface area (Å²) in [6.45, 7) is 4.43. The number of carbonyl (C=O) groups excluding carboxylic acids is 1. The highest BCUT2D eigenvalue weighted by atomic mass is 16.1. The van der Waals surface area contributed by atoms with Gasteiger partial charge in [0, 0.05) is 12.5 Å². The molecule has 2 aliphatic rings. The Labute approximate surface area is 111 Å². The molecule has 2 N–H and O–H groups in total. The largest absolute Gasteiger partial charge is 0.353 e. The quantitative estimate of drug-likeness (QED) is 0.807.